The molecular weight excluding hydrogens is 368 g/mol. The van der Waals surface area contributed by atoms with Gasteiger partial charge in [0.1, 0.15) is 24.2 Å². The molecule has 0 aromatic rings. The molecule has 0 bridgehead atoms. The Morgan fingerprint density at radius 3 is 2.29 bits per heavy atom. The lowest BCUT2D eigenvalue weighted by Crippen LogP contribution is -2.57. The molecule has 6 unspecified atom stereocenters. The van der Waals surface area contributed by atoms with Gasteiger partial charge >= 0.3 is 5.97 Å². The van der Waals surface area contributed by atoms with E-state index in [1.165, 1.54) is 18.7 Å². The molecule has 1 aliphatic rings. The topological polar surface area (TPSA) is 162 Å². The summed E-state index contributed by atoms with van der Waals surface area (Å²) in [6, 6.07) is -3.93. The molecule has 1 heterocycles. The molecule has 10 nitrogen and oxygen atoms in total. The van der Waals surface area contributed by atoms with Crippen molar-refractivity contribution < 1.29 is 29.4 Å². The lowest BCUT2D eigenvalue weighted by Gasteiger charge is -2.29. The highest BCUT2D eigenvalue weighted by Gasteiger charge is 2.38. The maximum Gasteiger partial charge on any atom is 0.326 e. The highest BCUT2D eigenvalue weighted by atomic mass is 16.4. The van der Waals surface area contributed by atoms with E-state index in [0.717, 1.165) is 0 Å². The highest BCUT2D eigenvalue weighted by Crippen LogP contribution is 2.19. The van der Waals surface area contributed by atoms with Gasteiger partial charge in [0, 0.05) is 6.54 Å². The van der Waals surface area contributed by atoms with Gasteiger partial charge in [0.05, 0.1) is 6.10 Å². The minimum Gasteiger partial charge on any atom is -0.480 e. The van der Waals surface area contributed by atoms with E-state index in [1.807, 2.05) is 6.92 Å². The molecule has 0 saturated carbocycles. The summed E-state index contributed by atoms with van der Waals surface area (Å²) in [5.74, 6) is -3.05. The lowest BCUT2D eigenvalue weighted by molar-refractivity contribution is -0.144. The average Bonchev–Trinajstić information content (AvgIpc) is 3.13. The summed E-state index contributed by atoms with van der Waals surface area (Å²) in [7, 11) is 0. The number of carbonyl (C=O) groups is 4. The fourth-order valence-corrected chi connectivity index (χ4v) is 3.04. The normalized spacial score (nSPS) is 21.9. The summed E-state index contributed by atoms with van der Waals surface area (Å²) in [6.45, 7) is 6.73. The van der Waals surface area contributed by atoms with Crippen LogP contribution < -0.4 is 16.4 Å². The number of nitrogens with one attached hydrogen (secondary N) is 2. The number of rotatable bonds is 9. The van der Waals surface area contributed by atoms with Gasteiger partial charge in [-0.25, -0.2) is 4.79 Å². The maximum atomic E-state index is 12.6. The fraction of sp³-hybridized carbons (Fsp3) is 0.778. The molecule has 1 saturated heterocycles. The fourth-order valence-electron chi connectivity index (χ4n) is 3.04. The van der Waals surface area contributed by atoms with Gasteiger partial charge in [-0.05, 0) is 32.6 Å². The van der Waals surface area contributed by atoms with E-state index in [-0.39, 0.29) is 5.92 Å². The number of nitrogens with zero attached hydrogens (tertiary/aromatic N) is 1. The van der Waals surface area contributed by atoms with Crippen LogP contribution in [0.1, 0.15) is 47.0 Å². The molecule has 6 atom stereocenters. The van der Waals surface area contributed by atoms with E-state index in [9.17, 15) is 29.4 Å². The molecule has 0 radical (unpaired) electrons. The predicted octanol–water partition coefficient (Wildman–Crippen LogP) is -1.19. The van der Waals surface area contributed by atoms with Crippen LogP contribution in [0.2, 0.25) is 0 Å². The van der Waals surface area contributed by atoms with Crippen molar-refractivity contribution in [2.24, 2.45) is 11.7 Å². The lowest BCUT2D eigenvalue weighted by atomic mass is 9.99. The molecule has 1 fully saturated rings. The first kappa shape index (κ1) is 23.8. The largest absolute Gasteiger partial charge is 0.480 e. The summed E-state index contributed by atoms with van der Waals surface area (Å²) < 4.78 is 0. The Balaban J connectivity index is 2.73. The van der Waals surface area contributed by atoms with Crippen LogP contribution in [0.25, 0.3) is 0 Å². The molecule has 0 aromatic carbocycles. The molecule has 0 aliphatic carbocycles. The van der Waals surface area contributed by atoms with Crippen molar-refractivity contribution in [3.05, 3.63) is 0 Å². The third-order valence-corrected chi connectivity index (χ3v) is 5.17. The zero-order valence-electron chi connectivity index (χ0n) is 16.8. The van der Waals surface area contributed by atoms with Crippen molar-refractivity contribution in [1.29, 1.82) is 0 Å². The number of hydrogen-bond donors (Lipinski definition) is 5. The Hall–Kier alpha value is -2.20. The number of carbonyl (C=O) groups excluding carboxylic acids is 3. The first-order chi connectivity index (χ1) is 13.0. The van der Waals surface area contributed by atoms with Crippen LogP contribution in [0, 0.1) is 5.92 Å². The van der Waals surface area contributed by atoms with Crippen molar-refractivity contribution in [2.45, 2.75) is 77.2 Å². The zero-order valence-corrected chi connectivity index (χ0v) is 16.8. The van der Waals surface area contributed by atoms with E-state index in [4.69, 9.17) is 5.73 Å². The molecule has 3 amide bonds. The summed E-state index contributed by atoms with van der Waals surface area (Å²) in [4.78, 5) is 49.9. The Bertz CT molecular complexity index is 597. The Labute approximate surface area is 164 Å². The summed E-state index contributed by atoms with van der Waals surface area (Å²) >= 11 is 0. The molecule has 28 heavy (non-hydrogen) atoms. The van der Waals surface area contributed by atoms with E-state index >= 15 is 0 Å². The third-order valence-electron chi connectivity index (χ3n) is 5.17. The van der Waals surface area contributed by atoms with Crippen LogP contribution >= 0.6 is 0 Å². The second kappa shape index (κ2) is 10.4. The molecule has 160 valence electrons. The van der Waals surface area contributed by atoms with Gasteiger partial charge in [-0.2, -0.15) is 0 Å². The number of aliphatic hydroxyl groups excluding tert-OH is 1. The number of nitrogens with two attached hydrogens (primary N) is 1. The van der Waals surface area contributed by atoms with E-state index in [1.54, 1.807) is 6.92 Å². The SMILES string of the molecule is CCC(C)C(NC(=O)C(C)NC(=O)C1CCCN1C(=O)C(N)C(C)O)C(=O)O. The minimum absolute atomic E-state index is 0.269. The van der Waals surface area contributed by atoms with E-state index < -0.39 is 54.0 Å². The number of amides is 3. The van der Waals surface area contributed by atoms with Crippen LogP contribution in [0.15, 0.2) is 0 Å². The molecule has 0 aromatic heterocycles. The van der Waals surface area contributed by atoms with Gasteiger partial charge < -0.3 is 31.5 Å². The van der Waals surface area contributed by atoms with Crippen LogP contribution in [0.3, 0.4) is 0 Å². The van der Waals surface area contributed by atoms with Crippen LogP contribution in [0.4, 0.5) is 0 Å². The van der Waals surface area contributed by atoms with Crippen LogP contribution in [-0.4, -0.2) is 75.6 Å². The van der Waals surface area contributed by atoms with E-state index in [2.05, 4.69) is 10.6 Å². The van der Waals surface area contributed by atoms with Gasteiger partial charge in [-0.3, -0.25) is 14.4 Å². The third kappa shape index (κ3) is 5.90. The Morgan fingerprint density at radius 2 is 1.79 bits per heavy atom. The highest BCUT2D eigenvalue weighted by molar-refractivity contribution is 5.94. The molecule has 0 spiro atoms. The molecule has 10 heteroatoms. The molecule has 1 aliphatic heterocycles. The van der Waals surface area contributed by atoms with Crippen LogP contribution in [-0.2, 0) is 19.2 Å². The smallest absolute Gasteiger partial charge is 0.326 e. The number of hydrogen-bond acceptors (Lipinski definition) is 6. The Morgan fingerprint density at radius 1 is 1.18 bits per heavy atom. The molecule has 1 rings (SSSR count). The van der Waals surface area contributed by atoms with Crippen molar-refractivity contribution in [3.63, 3.8) is 0 Å². The number of likely N-dealkylation sites (tertiary alicyclic amines) is 1. The number of aliphatic hydroxyl groups is 1. The average molecular weight is 400 g/mol. The predicted molar refractivity (Wildman–Crippen MR) is 101 cm³/mol. The Kier molecular flexibility index (Phi) is 8.83. The summed E-state index contributed by atoms with van der Waals surface area (Å²) in [6.07, 6.45) is 0.547. The minimum atomic E-state index is -1.14. The number of carboxylic acids is 1. The summed E-state index contributed by atoms with van der Waals surface area (Å²) in [5.41, 5.74) is 5.68. The van der Waals surface area contributed by atoms with Crippen molar-refractivity contribution in [3.8, 4) is 0 Å². The second-order valence-corrected chi connectivity index (χ2v) is 7.40. The second-order valence-electron chi connectivity index (χ2n) is 7.40. The van der Waals surface area contributed by atoms with Gasteiger partial charge in [-0.1, -0.05) is 20.3 Å². The molecule has 6 N–H and O–H groups in total. The van der Waals surface area contributed by atoms with E-state index in [0.29, 0.717) is 25.8 Å². The summed E-state index contributed by atoms with van der Waals surface area (Å²) in [5, 5.41) is 23.8. The standard InChI is InChI=1S/C18H32N4O6/c1-5-9(2)14(18(27)28)21-15(24)10(3)20-16(25)12-7-6-8-22(12)17(26)13(19)11(4)23/h9-14,23H,5-8,19H2,1-4H3,(H,20,25)(H,21,24)(H,27,28). The van der Waals surface area contributed by atoms with Gasteiger partial charge in [0.25, 0.3) is 0 Å². The van der Waals surface area contributed by atoms with Crippen LogP contribution in [0.5, 0.6) is 0 Å². The number of carboxylic acid groups (broad SMARTS) is 1. The molecular formula is C18H32N4O6. The van der Waals surface area contributed by atoms with Gasteiger partial charge in [-0.15, -0.1) is 0 Å². The monoisotopic (exact) mass is 400 g/mol. The number of aliphatic carboxylic acids is 1. The first-order valence-electron chi connectivity index (χ1n) is 9.58. The van der Waals surface area contributed by atoms with Crippen molar-refractivity contribution >= 4 is 23.7 Å². The quantitative estimate of drug-likeness (QED) is 0.325. The van der Waals surface area contributed by atoms with Gasteiger partial charge in [0.2, 0.25) is 17.7 Å². The van der Waals surface area contributed by atoms with Gasteiger partial charge in [0.15, 0.2) is 0 Å². The van der Waals surface area contributed by atoms with Crippen molar-refractivity contribution in [1.82, 2.24) is 15.5 Å². The first-order valence-corrected chi connectivity index (χ1v) is 9.58. The van der Waals surface area contributed by atoms with Crippen molar-refractivity contribution in [2.75, 3.05) is 6.54 Å². The zero-order chi connectivity index (χ0) is 21.6. The maximum absolute atomic E-state index is 12.6.